The lowest BCUT2D eigenvalue weighted by molar-refractivity contribution is -0.155. The van der Waals surface area contributed by atoms with Crippen molar-refractivity contribution in [2.45, 2.75) is 18.9 Å². The minimum absolute atomic E-state index is 0.186. The van der Waals surface area contributed by atoms with Gasteiger partial charge in [-0.2, -0.15) is 0 Å². The monoisotopic (exact) mass is 155 g/mol. The summed E-state index contributed by atoms with van der Waals surface area (Å²) in [6.07, 6.45) is 0.719. The van der Waals surface area contributed by atoms with Crippen molar-refractivity contribution in [2.75, 3.05) is 26.3 Å². The first-order chi connectivity index (χ1) is 5.29. The average Bonchev–Trinajstić information content (AvgIpc) is 2.24. The van der Waals surface area contributed by atoms with E-state index in [0.717, 1.165) is 19.5 Å². The predicted octanol–water partition coefficient (Wildman–Crippen LogP) is 0.0501. The Morgan fingerprint density at radius 1 is 1.64 bits per heavy atom. The van der Waals surface area contributed by atoms with Gasteiger partial charge in [-0.3, -0.25) is 9.69 Å². The highest BCUT2D eigenvalue weighted by Crippen LogP contribution is 2.32. The molecule has 3 nitrogen and oxygen atoms in total. The van der Waals surface area contributed by atoms with Crippen molar-refractivity contribution in [3.63, 3.8) is 0 Å². The molecule has 0 saturated carbocycles. The zero-order valence-electron chi connectivity index (χ0n) is 6.80. The van der Waals surface area contributed by atoms with E-state index in [-0.39, 0.29) is 5.54 Å². The van der Waals surface area contributed by atoms with Crippen molar-refractivity contribution in [3.8, 4) is 0 Å². The van der Waals surface area contributed by atoms with Crippen LogP contribution >= 0.6 is 0 Å². The number of hydrogen-bond donors (Lipinski definition) is 0. The molecule has 0 bridgehead atoms. The number of hydrogen-bond acceptors (Lipinski definition) is 3. The fraction of sp³-hybridized carbons (Fsp3) is 0.875. The number of ketones is 1. The van der Waals surface area contributed by atoms with Gasteiger partial charge in [0.05, 0.1) is 13.2 Å². The first-order valence-corrected chi connectivity index (χ1v) is 4.16. The van der Waals surface area contributed by atoms with Gasteiger partial charge in [-0.15, -0.1) is 0 Å². The van der Waals surface area contributed by atoms with Crippen molar-refractivity contribution in [1.29, 1.82) is 0 Å². The van der Waals surface area contributed by atoms with Gasteiger partial charge in [0.2, 0.25) is 0 Å². The molecule has 2 heterocycles. The number of nitrogens with zero attached hydrogens (tertiary/aromatic N) is 1. The van der Waals surface area contributed by atoms with Crippen molar-refractivity contribution in [3.05, 3.63) is 0 Å². The van der Waals surface area contributed by atoms with E-state index in [0.29, 0.717) is 19.0 Å². The minimum atomic E-state index is -0.186. The molecule has 0 radical (unpaired) electrons. The number of rotatable bonds is 1. The lowest BCUT2D eigenvalue weighted by atomic mass is 9.93. The zero-order chi connectivity index (χ0) is 7.90. The average molecular weight is 155 g/mol. The molecule has 2 fully saturated rings. The molecule has 0 atom stereocenters. The molecule has 62 valence electrons. The third-order valence-electron chi connectivity index (χ3n) is 2.80. The Bertz CT molecular complexity index is 187. The van der Waals surface area contributed by atoms with Gasteiger partial charge in [0.25, 0.3) is 0 Å². The standard InChI is InChI=1S/C8H13NO2/c1-2-9-4-3-7(10)8(9)5-11-6-8/h2-6H2,1H3. The molecule has 11 heavy (non-hydrogen) atoms. The first kappa shape index (κ1) is 7.25. The summed E-state index contributed by atoms with van der Waals surface area (Å²) >= 11 is 0. The summed E-state index contributed by atoms with van der Waals surface area (Å²) in [6, 6.07) is 0. The molecule has 2 rings (SSSR count). The molecule has 0 amide bonds. The van der Waals surface area contributed by atoms with Crippen molar-refractivity contribution in [2.24, 2.45) is 0 Å². The maximum Gasteiger partial charge on any atom is 0.159 e. The summed E-state index contributed by atoms with van der Waals surface area (Å²) in [6.45, 7) is 5.24. The Balaban J connectivity index is 2.18. The second-order valence-electron chi connectivity index (χ2n) is 3.28. The molecular weight excluding hydrogens is 142 g/mol. The largest absolute Gasteiger partial charge is 0.376 e. The van der Waals surface area contributed by atoms with Gasteiger partial charge >= 0.3 is 0 Å². The van der Waals surface area contributed by atoms with Gasteiger partial charge in [-0.1, -0.05) is 6.92 Å². The second-order valence-corrected chi connectivity index (χ2v) is 3.28. The third-order valence-corrected chi connectivity index (χ3v) is 2.80. The van der Waals surface area contributed by atoms with Crippen molar-refractivity contribution < 1.29 is 9.53 Å². The maximum absolute atomic E-state index is 11.4. The van der Waals surface area contributed by atoms with Crippen LogP contribution in [-0.4, -0.2) is 42.5 Å². The molecule has 2 aliphatic rings. The van der Waals surface area contributed by atoms with E-state index in [1.165, 1.54) is 0 Å². The van der Waals surface area contributed by atoms with Gasteiger partial charge in [-0.25, -0.2) is 0 Å². The van der Waals surface area contributed by atoms with Gasteiger partial charge in [0.1, 0.15) is 5.54 Å². The lowest BCUT2D eigenvalue weighted by Gasteiger charge is -2.43. The number of carbonyl (C=O) groups is 1. The van der Waals surface area contributed by atoms with Crippen LogP contribution in [-0.2, 0) is 9.53 Å². The number of likely N-dealkylation sites (tertiary alicyclic amines) is 1. The summed E-state index contributed by atoms with van der Waals surface area (Å²) < 4.78 is 5.10. The quantitative estimate of drug-likeness (QED) is 0.536. The fourth-order valence-corrected chi connectivity index (χ4v) is 1.96. The molecule has 0 N–H and O–H groups in total. The van der Waals surface area contributed by atoms with E-state index in [1.54, 1.807) is 0 Å². The highest BCUT2D eigenvalue weighted by Gasteiger charge is 2.53. The molecule has 0 aromatic carbocycles. The van der Waals surface area contributed by atoms with E-state index in [4.69, 9.17) is 4.74 Å². The van der Waals surface area contributed by atoms with Crippen LogP contribution in [0.3, 0.4) is 0 Å². The van der Waals surface area contributed by atoms with Crippen LogP contribution in [0.25, 0.3) is 0 Å². The Kier molecular flexibility index (Phi) is 1.51. The Morgan fingerprint density at radius 3 is 2.73 bits per heavy atom. The third kappa shape index (κ3) is 0.781. The Morgan fingerprint density at radius 2 is 2.36 bits per heavy atom. The predicted molar refractivity (Wildman–Crippen MR) is 40.4 cm³/mol. The van der Waals surface area contributed by atoms with Crippen LogP contribution in [0.5, 0.6) is 0 Å². The van der Waals surface area contributed by atoms with Crippen LogP contribution in [0.2, 0.25) is 0 Å². The number of ether oxygens (including phenoxy) is 1. The SMILES string of the molecule is CCN1CCC(=O)C12COC2. The fourth-order valence-electron chi connectivity index (χ4n) is 1.96. The first-order valence-electron chi connectivity index (χ1n) is 4.16. The molecule has 0 aromatic rings. The van der Waals surface area contributed by atoms with E-state index in [9.17, 15) is 4.79 Å². The molecule has 2 aliphatic heterocycles. The normalized spacial score (nSPS) is 29.4. The summed E-state index contributed by atoms with van der Waals surface area (Å²) in [5.41, 5.74) is -0.186. The summed E-state index contributed by atoms with van der Waals surface area (Å²) in [7, 11) is 0. The zero-order valence-corrected chi connectivity index (χ0v) is 6.80. The van der Waals surface area contributed by atoms with Crippen LogP contribution in [0.1, 0.15) is 13.3 Å². The maximum atomic E-state index is 11.4. The van der Waals surface area contributed by atoms with Gasteiger partial charge in [0, 0.05) is 13.0 Å². The van der Waals surface area contributed by atoms with Crippen LogP contribution in [0.15, 0.2) is 0 Å². The highest BCUT2D eigenvalue weighted by atomic mass is 16.5. The summed E-state index contributed by atoms with van der Waals surface area (Å²) in [5.74, 6) is 0.380. The van der Waals surface area contributed by atoms with E-state index in [2.05, 4.69) is 11.8 Å². The van der Waals surface area contributed by atoms with Crippen molar-refractivity contribution >= 4 is 5.78 Å². The van der Waals surface area contributed by atoms with E-state index >= 15 is 0 Å². The topological polar surface area (TPSA) is 29.5 Å². The minimum Gasteiger partial charge on any atom is -0.376 e. The van der Waals surface area contributed by atoms with Crippen LogP contribution in [0.4, 0.5) is 0 Å². The molecule has 0 aliphatic carbocycles. The molecule has 0 unspecified atom stereocenters. The van der Waals surface area contributed by atoms with Gasteiger partial charge < -0.3 is 4.74 Å². The molecule has 3 heteroatoms. The molecule has 2 saturated heterocycles. The number of likely N-dealkylation sites (N-methyl/N-ethyl adjacent to an activating group) is 1. The van der Waals surface area contributed by atoms with Crippen LogP contribution in [0, 0.1) is 0 Å². The van der Waals surface area contributed by atoms with Gasteiger partial charge in [0.15, 0.2) is 5.78 Å². The molecular formula is C8H13NO2. The Hall–Kier alpha value is -0.410. The molecule has 0 aromatic heterocycles. The Labute approximate surface area is 66.3 Å². The molecule has 1 spiro atoms. The highest BCUT2D eigenvalue weighted by molar-refractivity contribution is 5.91. The van der Waals surface area contributed by atoms with E-state index in [1.807, 2.05) is 0 Å². The lowest BCUT2D eigenvalue weighted by Crippen LogP contribution is -2.62. The second kappa shape index (κ2) is 2.29. The number of Topliss-reactive ketones (excluding diaryl/α,β-unsaturated/α-hetero) is 1. The van der Waals surface area contributed by atoms with Gasteiger partial charge in [-0.05, 0) is 6.54 Å². The smallest absolute Gasteiger partial charge is 0.159 e. The summed E-state index contributed by atoms with van der Waals surface area (Å²) in [4.78, 5) is 13.7. The summed E-state index contributed by atoms with van der Waals surface area (Å²) in [5, 5.41) is 0. The van der Waals surface area contributed by atoms with Crippen molar-refractivity contribution in [1.82, 2.24) is 4.90 Å². The number of carbonyl (C=O) groups excluding carboxylic acids is 1. The van der Waals surface area contributed by atoms with E-state index < -0.39 is 0 Å². The van der Waals surface area contributed by atoms with Crippen LogP contribution < -0.4 is 0 Å².